The van der Waals surface area contributed by atoms with Gasteiger partial charge in [-0.15, -0.1) is 0 Å². The average molecular weight is 399 g/mol. The summed E-state index contributed by atoms with van der Waals surface area (Å²) in [5.41, 5.74) is 0.850. The highest BCUT2D eigenvalue weighted by Crippen LogP contribution is 2.41. The van der Waals surface area contributed by atoms with Crippen LogP contribution in [0.5, 0.6) is 23.3 Å². The average Bonchev–Trinajstić information content (AvgIpc) is 3.29. The molecule has 1 atom stereocenters. The lowest BCUT2D eigenvalue weighted by molar-refractivity contribution is -0.132. The maximum atomic E-state index is 12.6. The Kier molecular flexibility index (Phi) is 5.17. The molecule has 4 rings (SSSR count). The van der Waals surface area contributed by atoms with Crippen molar-refractivity contribution in [3.63, 3.8) is 0 Å². The number of nitrogens with zero attached hydrogens (tertiary/aromatic N) is 3. The van der Waals surface area contributed by atoms with E-state index in [0.717, 1.165) is 24.2 Å². The molecule has 1 unspecified atom stereocenters. The number of carbonyl (C=O) groups excluding carboxylic acids is 1. The van der Waals surface area contributed by atoms with E-state index in [0.29, 0.717) is 30.6 Å². The minimum absolute atomic E-state index is 0.0358. The Bertz CT molecular complexity index is 902. The van der Waals surface area contributed by atoms with E-state index in [2.05, 4.69) is 9.97 Å². The zero-order valence-electron chi connectivity index (χ0n) is 16.9. The first-order valence-electron chi connectivity index (χ1n) is 9.68. The Morgan fingerprint density at radius 1 is 1.31 bits per heavy atom. The van der Waals surface area contributed by atoms with Crippen molar-refractivity contribution in [2.24, 2.45) is 0 Å². The highest BCUT2D eigenvalue weighted by molar-refractivity contribution is 5.78. The summed E-state index contributed by atoms with van der Waals surface area (Å²) < 4.78 is 22.7. The fourth-order valence-electron chi connectivity index (χ4n) is 3.64. The van der Waals surface area contributed by atoms with Crippen molar-refractivity contribution < 1.29 is 23.7 Å². The van der Waals surface area contributed by atoms with Gasteiger partial charge in [0.1, 0.15) is 11.7 Å². The van der Waals surface area contributed by atoms with Gasteiger partial charge in [0, 0.05) is 24.9 Å². The van der Waals surface area contributed by atoms with E-state index in [-0.39, 0.29) is 24.2 Å². The molecule has 29 heavy (non-hydrogen) atoms. The third-order valence-electron chi connectivity index (χ3n) is 4.99. The van der Waals surface area contributed by atoms with Gasteiger partial charge < -0.3 is 23.8 Å². The Morgan fingerprint density at radius 3 is 2.97 bits per heavy atom. The lowest BCUT2D eigenvalue weighted by atomic mass is 10.0. The minimum Gasteiger partial charge on any atom is -0.483 e. The number of fused-ring (bicyclic) bond motifs is 1. The van der Waals surface area contributed by atoms with E-state index in [4.69, 9.17) is 18.9 Å². The van der Waals surface area contributed by atoms with Crippen LogP contribution < -0.4 is 18.9 Å². The van der Waals surface area contributed by atoms with Gasteiger partial charge in [0.25, 0.3) is 5.91 Å². The number of aromatic nitrogens is 2. The molecule has 8 nitrogen and oxygen atoms in total. The summed E-state index contributed by atoms with van der Waals surface area (Å²) >= 11 is 0. The number of hydrogen-bond acceptors (Lipinski definition) is 7. The van der Waals surface area contributed by atoms with Crippen LogP contribution in [0.25, 0.3) is 0 Å². The van der Waals surface area contributed by atoms with Crippen LogP contribution in [0.15, 0.2) is 30.6 Å². The first-order valence-corrected chi connectivity index (χ1v) is 9.68. The first-order chi connectivity index (χ1) is 13.9. The fourth-order valence-corrected chi connectivity index (χ4v) is 3.64. The van der Waals surface area contributed by atoms with E-state index in [9.17, 15) is 4.79 Å². The molecule has 2 aromatic rings. The maximum Gasteiger partial charge on any atom is 0.260 e. The number of hydrogen-bond donors (Lipinski definition) is 0. The Labute approximate surface area is 169 Å². The van der Waals surface area contributed by atoms with Crippen LogP contribution in [0.2, 0.25) is 0 Å². The van der Waals surface area contributed by atoms with Crippen molar-refractivity contribution in [1.29, 1.82) is 0 Å². The van der Waals surface area contributed by atoms with Crippen molar-refractivity contribution in [3.05, 3.63) is 36.2 Å². The zero-order valence-corrected chi connectivity index (χ0v) is 16.9. The second kappa shape index (κ2) is 7.77. The molecule has 1 amide bonds. The molecule has 1 saturated heterocycles. The van der Waals surface area contributed by atoms with Crippen molar-refractivity contribution in [2.75, 3.05) is 26.8 Å². The second-order valence-corrected chi connectivity index (χ2v) is 7.84. The van der Waals surface area contributed by atoms with Gasteiger partial charge in [-0.05, 0) is 19.9 Å². The van der Waals surface area contributed by atoms with Crippen molar-refractivity contribution >= 4 is 5.91 Å². The highest BCUT2D eigenvalue weighted by Gasteiger charge is 2.33. The zero-order chi connectivity index (χ0) is 20.4. The first kappa shape index (κ1) is 19.3. The van der Waals surface area contributed by atoms with Crippen LogP contribution in [-0.4, -0.2) is 59.3 Å². The SMILES string of the molecule is COc1cncc(OC2CCN(C(=O)COc3cccc4c3OC(C)(C)C4)C2)n1. The monoisotopic (exact) mass is 399 g/mol. The van der Waals surface area contributed by atoms with E-state index in [1.807, 2.05) is 32.0 Å². The smallest absolute Gasteiger partial charge is 0.260 e. The van der Waals surface area contributed by atoms with Crippen LogP contribution in [0, 0.1) is 0 Å². The van der Waals surface area contributed by atoms with Crippen LogP contribution >= 0.6 is 0 Å². The van der Waals surface area contributed by atoms with Gasteiger partial charge in [-0.2, -0.15) is 4.98 Å². The van der Waals surface area contributed by atoms with Crippen molar-refractivity contribution in [2.45, 2.75) is 38.4 Å². The number of carbonyl (C=O) groups is 1. The van der Waals surface area contributed by atoms with Gasteiger partial charge in [-0.3, -0.25) is 9.78 Å². The van der Waals surface area contributed by atoms with E-state index < -0.39 is 0 Å². The molecule has 0 bridgehead atoms. The quantitative estimate of drug-likeness (QED) is 0.737. The lowest BCUT2D eigenvalue weighted by Crippen LogP contribution is -2.34. The Balaban J connectivity index is 1.31. The Morgan fingerprint density at radius 2 is 2.14 bits per heavy atom. The molecule has 2 aliphatic heterocycles. The van der Waals surface area contributed by atoms with Gasteiger partial charge in [-0.25, -0.2) is 0 Å². The third kappa shape index (κ3) is 4.36. The van der Waals surface area contributed by atoms with Crippen LogP contribution in [0.4, 0.5) is 0 Å². The molecule has 3 heterocycles. The number of benzene rings is 1. The van der Waals surface area contributed by atoms with Gasteiger partial charge in [0.05, 0.1) is 26.0 Å². The molecule has 1 aromatic carbocycles. The number of para-hydroxylation sites is 1. The summed E-state index contributed by atoms with van der Waals surface area (Å²) in [6.07, 6.45) is 4.47. The number of likely N-dealkylation sites (tertiary alicyclic amines) is 1. The van der Waals surface area contributed by atoms with E-state index in [1.165, 1.54) is 19.5 Å². The minimum atomic E-state index is -0.256. The predicted octanol–water partition coefficient (Wildman–Crippen LogP) is 2.26. The standard InChI is InChI=1S/C21H25N3O5/c1-21(2)9-14-5-4-6-16(20(14)29-21)27-13-19(25)24-8-7-15(12-24)28-18-11-22-10-17(23-18)26-3/h4-6,10-11,15H,7-9,12-13H2,1-3H3. The molecule has 0 aliphatic carbocycles. The van der Waals surface area contributed by atoms with Crippen LogP contribution in [0.1, 0.15) is 25.8 Å². The topological polar surface area (TPSA) is 83.0 Å². The van der Waals surface area contributed by atoms with Gasteiger partial charge in [-0.1, -0.05) is 12.1 Å². The Hall–Kier alpha value is -3.03. The maximum absolute atomic E-state index is 12.6. The summed E-state index contributed by atoms with van der Waals surface area (Å²) in [7, 11) is 1.53. The molecular formula is C21H25N3O5. The number of amides is 1. The molecule has 2 aliphatic rings. The van der Waals surface area contributed by atoms with Crippen LogP contribution in [-0.2, 0) is 11.2 Å². The molecular weight excluding hydrogens is 374 g/mol. The normalized spacial score (nSPS) is 19.4. The van der Waals surface area contributed by atoms with Crippen LogP contribution in [0.3, 0.4) is 0 Å². The molecule has 0 spiro atoms. The second-order valence-electron chi connectivity index (χ2n) is 7.84. The molecule has 0 radical (unpaired) electrons. The summed E-state index contributed by atoms with van der Waals surface area (Å²) in [5, 5.41) is 0. The predicted molar refractivity (Wildman–Crippen MR) is 105 cm³/mol. The fraction of sp³-hybridized carbons (Fsp3) is 0.476. The van der Waals surface area contributed by atoms with Crippen molar-refractivity contribution in [1.82, 2.24) is 14.9 Å². The molecule has 0 saturated carbocycles. The van der Waals surface area contributed by atoms with Gasteiger partial charge >= 0.3 is 0 Å². The largest absolute Gasteiger partial charge is 0.483 e. The number of methoxy groups -OCH3 is 1. The van der Waals surface area contributed by atoms with E-state index in [1.54, 1.807) is 4.90 Å². The summed E-state index contributed by atoms with van der Waals surface area (Å²) in [4.78, 5) is 22.6. The summed E-state index contributed by atoms with van der Waals surface area (Å²) in [5.74, 6) is 2.05. The third-order valence-corrected chi connectivity index (χ3v) is 4.99. The lowest BCUT2D eigenvalue weighted by Gasteiger charge is -2.19. The van der Waals surface area contributed by atoms with Gasteiger partial charge in [0.15, 0.2) is 18.1 Å². The molecule has 0 N–H and O–H groups in total. The van der Waals surface area contributed by atoms with Gasteiger partial charge in [0.2, 0.25) is 11.8 Å². The highest BCUT2D eigenvalue weighted by atomic mass is 16.5. The molecule has 8 heteroatoms. The van der Waals surface area contributed by atoms with E-state index >= 15 is 0 Å². The summed E-state index contributed by atoms with van der Waals surface area (Å²) in [6.45, 7) is 5.14. The molecule has 1 aromatic heterocycles. The van der Waals surface area contributed by atoms with Crippen molar-refractivity contribution in [3.8, 4) is 23.3 Å². The molecule has 154 valence electrons. The summed E-state index contributed by atoms with van der Waals surface area (Å²) in [6, 6.07) is 5.80. The number of ether oxygens (including phenoxy) is 4. The number of rotatable bonds is 6. The molecule has 1 fully saturated rings.